The molecule has 1 fully saturated rings. The molecule has 1 aromatic heterocycles. The van der Waals surface area contributed by atoms with Crippen LogP contribution in [0.4, 0.5) is 5.00 Å². The SMILES string of the molecule is C[C@@H]1CN(CCC(=O)Nc2sc3c(c2C#N)CCC3)C[C@H](C)O1. The normalized spacial score (nSPS) is 24.2. The first-order valence-electron chi connectivity index (χ1n) is 8.29. The second-order valence-corrected chi connectivity index (χ2v) is 7.59. The molecule has 0 spiro atoms. The van der Waals surface area contributed by atoms with Gasteiger partial charge in [-0.25, -0.2) is 0 Å². The smallest absolute Gasteiger partial charge is 0.226 e. The summed E-state index contributed by atoms with van der Waals surface area (Å²) in [7, 11) is 0. The standard InChI is InChI=1S/C17H23N3O2S/c1-11-9-20(10-12(2)22-11)7-6-16(21)19-17-14(8-18)13-4-3-5-15(13)23-17/h11-12H,3-7,9-10H2,1-2H3,(H,19,21)/t11-,12+. The number of nitriles is 1. The van der Waals surface area contributed by atoms with Crippen LogP contribution in [0, 0.1) is 11.3 Å². The number of nitrogens with zero attached hydrogens (tertiary/aromatic N) is 2. The van der Waals surface area contributed by atoms with E-state index < -0.39 is 0 Å². The highest BCUT2D eigenvalue weighted by molar-refractivity contribution is 7.16. The second kappa shape index (κ2) is 7.00. The van der Waals surface area contributed by atoms with Crippen molar-refractivity contribution in [2.45, 2.75) is 51.7 Å². The predicted molar refractivity (Wildman–Crippen MR) is 90.8 cm³/mol. The number of fused-ring (bicyclic) bond motifs is 1. The molecule has 0 bridgehead atoms. The number of thiophene rings is 1. The Morgan fingerprint density at radius 3 is 2.83 bits per heavy atom. The highest BCUT2D eigenvalue weighted by Gasteiger charge is 2.24. The molecule has 2 heterocycles. The lowest BCUT2D eigenvalue weighted by Crippen LogP contribution is -2.46. The molecule has 3 rings (SSSR count). The molecule has 1 amide bonds. The third-order valence-electron chi connectivity index (χ3n) is 4.44. The quantitative estimate of drug-likeness (QED) is 0.919. The van der Waals surface area contributed by atoms with E-state index >= 15 is 0 Å². The van der Waals surface area contributed by atoms with E-state index in [2.05, 4.69) is 30.1 Å². The van der Waals surface area contributed by atoms with E-state index in [1.165, 1.54) is 4.88 Å². The molecule has 6 heteroatoms. The predicted octanol–water partition coefficient (Wildman–Crippen LogP) is 2.55. The number of carbonyl (C=O) groups is 1. The molecule has 0 aromatic carbocycles. The van der Waals surface area contributed by atoms with Gasteiger partial charge in [0.15, 0.2) is 0 Å². The van der Waals surface area contributed by atoms with E-state index in [9.17, 15) is 10.1 Å². The zero-order chi connectivity index (χ0) is 16.4. The maximum absolute atomic E-state index is 12.2. The van der Waals surface area contributed by atoms with Gasteiger partial charge in [-0.3, -0.25) is 9.69 Å². The fourth-order valence-electron chi connectivity index (χ4n) is 3.53. The average molecular weight is 333 g/mol. The molecule has 5 nitrogen and oxygen atoms in total. The summed E-state index contributed by atoms with van der Waals surface area (Å²) in [5.74, 6) is -0.00628. The third-order valence-corrected chi connectivity index (χ3v) is 5.64. The van der Waals surface area contributed by atoms with Crippen molar-refractivity contribution < 1.29 is 9.53 Å². The topological polar surface area (TPSA) is 65.4 Å². The highest BCUT2D eigenvalue weighted by atomic mass is 32.1. The average Bonchev–Trinajstić information content (AvgIpc) is 3.04. The van der Waals surface area contributed by atoms with E-state index in [0.717, 1.165) is 49.5 Å². The Balaban J connectivity index is 1.55. The summed E-state index contributed by atoms with van der Waals surface area (Å²) in [5.41, 5.74) is 1.84. The minimum atomic E-state index is -0.00628. The molecule has 2 aliphatic rings. The van der Waals surface area contributed by atoms with Crippen molar-refractivity contribution in [2.24, 2.45) is 0 Å². The van der Waals surface area contributed by atoms with E-state index in [-0.39, 0.29) is 18.1 Å². The maximum atomic E-state index is 12.2. The first kappa shape index (κ1) is 16.4. The molecule has 0 unspecified atom stereocenters. The number of nitrogens with one attached hydrogen (secondary N) is 1. The van der Waals surface area contributed by atoms with Gasteiger partial charge in [0.2, 0.25) is 5.91 Å². The number of rotatable bonds is 4. The molecule has 23 heavy (non-hydrogen) atoms. The van der Waals surface area contributed by atoms with Crippen molar-refractivity contribution in [2.75, 3.05) is 25.0 Å². The minimum absolute atomic E-state index is 0.00628. The number of aryl methyl sites for hydroxylation is 1. The van der Waals surface area contributed by atoms with E-state index in [0.29, 0.717) is 12.0 Å². The van der Waals surface area contributed by atoms with Gasteiger partial charge in [-0.05, 0) is 38.7 Å². The van der Waals surface area contributed by atoms with Crippen LogP contribution in [0.3, 0.4) is 0 Å². The number of carbonyl (C=O) groups excluding carboxylic acids is 1. The van der Waals surface area contributed by atoms with Crippen molar-refractivity contribution in [3.63, 3.8) is 0 Å². The molecular formula is C17H23N3O2S. The van der Waals surface area contributed by atoms with E-state index in [4.69, 9.17) is 4.74 Å². The lowest BCUT2D eigenvalue weighted by molar-refractivity contribution is -0.117. The van der Waals surface area contributed by atoms with Crippen LogP contribution in [0.1, 0.15) is 42.7 Å². The van der Waals surface area contributed by atoms with Crippen LogP contribution in [-0.4, -0.2) is 42.6 Å². The van der Waals surface area contributed by atoms with Gasteiger partial charge in [-0.2, -0.15) is 5.26 Å². The Hall–Kier alpha value is -1.42. The molecule has 124 valence electrons. The number of amides is 1. The first-order valence-corrected chi connectivity index (χ1v) is 9.10. The summed E-state index contributed by atoms with van der Waals surface area (Å²) in [5, 5.41) is 13.1. The van der Waals surface area contributed by atoms with Crippen LogP contribution in [0.2, 0.25) is 0 Å². The number of ether oxygens (including phenoxy) is 1. The van der Waals surface area contributed by atoms with Crippen LogP contribution in [-0.2, 0) is 22.4 Å². The van der Waals surface area contributed by atoms with Gasteiger partial charge in [-0.1, -0.05) is 0 Å². The summed E-state index contributed by atoms with van der Waals surface area (Å²) in [4.78, 5) is 15.8. The Kier molecular flexibility index (Phi) is 5.00. The van der Waals surface area contributed by atoms with Crippen molar-refractivity contribution in [1.82, 2.24) is 4.90 Å². The summed E-state index contributed by atoms with van der Waals surface area (Å²) < 4.78 is 5.71. The largest absolute Gasteiger partial charge is 0.373 e. The number of morpholine rings is 1. The van der Waals surface area contributed by atoms with Gasteiger partial charge in [0.05, 0.1) is 17.8 Å². The van der Waals surface area contributed by atoms with Gasteiger partial charge in [0.25, 0.3) is 0 Å². The van der Waals surface area contributed by atoms with Gasteiger partial charge in [-0.15, -0.1) is 11.3 Å². The molecule has 1 aliphatic heterocycles. The summed E-state index contributed by atoms with van der Waals surface area (Å²) in [6.07, 6.45) is 4.01. The lowest BCUT2D eigenvalue weighted by atomic mass is 10.1. The van der Waals surface area contributed by atoms with Gasteiger partial charge < -0.3 is 10.1 Å². The lowest BCUT2D eigenvalue weighted by Gasteiger charge is -2.35. The molecule has 1 N–H and O–H groups in total. The Morgan fingerprint density at radius 1 is 1.39 bits per heavy atom. The monoisotopic (exact) mass is 333 g/mol. The molecule has 0 radical (unpaired) electrons. The van der Waals surface area contributed by atoms with E-state index in [1.54, 1.807) is 11.3 Å². The van der Waals surface area contributed by atoms with Crippen LogP contribution in [0.15, 0.2) is 0 Å². The Morgan fingerprint density at radius 2 is 2.13 bits per heavy atom. The van der Waals surface area contributed by atoms with Crippen molar-refractivity contribution in [1.29, 1.82) is 5.26 Å². The van der Waals surface area contributed by atoms with Crippen molar-refractivity contribution >= 4 is 22.2 Å². The van der Waals surface area contributed by atoms with Crippen molar-refractivity contribution in [3.05, 3.63) is 16.0 Å². The maximum Gasteiger partial charge on any atom is 0.226 e. The van der Waals surface area contributed by atoms with Crippen LogP contribution < -0.4 is 5.32 Å². The van der Waals surface area contributed by atoms with Gasteiger partial charge >= 0.3 is 0 Å². The molecule has 1 aromatic rings. The van der Waals surface area contributed by atoms with E-state index in [1.807, 2.05) is 0 Å². The number of anilines is 1. The molecule has 2 atom stereocenters. The highest BCUT2D eigenvalue weighted by Crippen LogP contribution is 2.38. The Bertz CT molecular complexity index is 625. The Labute approximate surface area is 141 Å². The molecular weight excluding hydrogens is 310 g/mol. The zero-order valence-electron chi connectivity index (χ0n) is 13.7. The van der Waals surface area contributed by atoms with Crippen LogP contribution in [0.5, 0.6) is 0 Å². The van der Waals surface area contributed by atoms with Crippen molar-refractivity contribution in [3.8, 4) is 6.07 Å². The van der Waals surface area contributed by atoms with Gasteiger partial charge in [0.1, 0.15) is 11.1 Å². The minimum Gasteiger partial charge on any atom is -0.373 e. The summed E-state index contributed by atoms with van der Waals surface area (Å²) in [6, 6.07) is 2.27. The first-order chi connectivity index (χ1) is 11.1. The molecule has 0 saturated carbocycles. The number of hydrogen-bond donors (Lipinski definition) is 1. The third kappa shape index (κ3) is 3.74. The van der Waals surface area contributed by atoms with Crippen LogP contribution >= 0.6 is 11.3 Å². The second-order valence-electron chi connectivity index (χ2n) is 6.49. The van der Waals surface area contributed by atoms with Crippen LogP contribution in [0.25, 0.3) is 0 Å². The fraction of sp³-hybridized carbons (Fsp3) is 0.647. The summed E-state index contributed by atoms with van der Waals surface area (Å²) >= 11 is 1.58. The zero-order valence-corrected chi connectivity index (χ0v) is 14.5. The van der Waals surface area contributed by atoms with Gasteiger partial charge in [0, 0.05) is 30.9 Å². The summed E-state index contributed by atoms with van der Waals surface area (Å²) in [6.45, 7) is 6.60. The molecule has 1 saturated heterocycles. The fourth-order valence-corrected chi connectivity index (χ4v) is 4.78. The number of hydrogen-bond acceptors (Lipinski definition) is 5. The molecule has 1 aliphatic carbocycles.